The van der Waals surface area contributed by atoms with Gasteiger partial charge in [-0.05, 0) is 0 Å². The van der Waals surface area contributed by atoms with Gasteiger partial charge in [0.05, 0.1) is 0 Å². The number of carbonyl (C=O) groups is 2. The van der Waals surface area contributed by atoms with Crippen LogP contribution in [0.4, 0.5) is 4.79 Å². The number of rotatable bonds is 2. The molecule has 1 saturated heterocycles. The molecule has 0 aliphatic carbocycles. The number of aliphatic carboxylic acids is 1. The van der Waals surface area contributed by atoms with Gasteiger partial charge in [0.25, 0.3) is 0 Å². The molecule has 0 saturated carbocycles. The summed E-state index contributed by atoms with van der Waals surface area (Å²) in [4.78, 5) is 23.5. The van der Waals surface area contributed by atoms with E-state index in [1.807, 2.05) is 11.8 Å². The molecule has 0 aromatic rings. The van der Waals surface area contributed by atoms with E-state index in [2.05, 4.69) is 19.2 Å². The average molecular weight is 232 g/mol. The Balaban J connectivity index is 2.41. The number of carbonyl (C=O) groups excluding carboxylic acids is 1. The van der Waals surface area contributed by atoms with Gasteiger partial charge in [0.2, 0.25) is 0 Å². The van der Waals surface area contributed by atoms with Crippen molar-refractivity contribution in [3.8, 4) is 0 Å². The molecule has 1 heterocycles. The Morgan fingerprint density at radius 1 is 1.40 bits per heavy atom. The van der Waals surface area contributed by atoms with Crippen LogP contribution in [-0.4, -0.2) is 52.1 Å². The van der Waals surface area contributed by atoms with Gasteiger partial charge in [-0.15, -0.1) is 0 Å². The third kappa shape index (κ3) is 3.99. The van der Waals surface area contributed by atoms with Crippen LogP contribution in [0.2, 0.25) is 0 Å². The lowest BCUT2D eigenvalue weighted by atomic mass is 10.3. The molecule has 1 aliphatic rings. The SMILES string of the molecule is CC1CN(C(=O)NCC(=O)O)CC(C)S1. The highest BCUT2D eigenvalue weighted by Crippen LogP contribution is 2.24. The maximum Gasteiger partial charge on any atom is 0.323 e. The number of amides is 2. The van der Waals surface area contributed by atoms with Gasteiger partial charge in [-0.3, -0.25) is 4.79 Å². The Bertz CT molecular complexity index is 250. The van der Waals surface area contributed by atoms with E-state index < -0.39 is 5.97 Å². The van der Waals surface area contributed by atoms with E-state index in [-0.39, 0.29) is 12.6 Å². The van der Waals surface area contributed by atoms with Crippen molar-refractivity contribution in [1.29, 1.82) is 0 Å². The molecule has 0 bridgehead atoms. The minimum atomic E-state index is -1.02. The molecule has 1 fully saturated rings. The fourth-order valence-corrected chi connectivity index (χ4v) is 2.93. The van der Waals surface area contributed by atoms with Gasteiger partial charge in [0.1, 0.15) is 6.54 Å². The largest absolute Gasteiger partial charge is 0.480 e. The van der Waals surface area contributed by atoms with Crippen molar-refractivity contribution < 1.29 is 14.7 Å². The van der Waals surface area contributed by atoms with E-state index in [0.717, 1.165) is 0 Å². The molecule has 1 aliphatic heterocycles. The number of hydrogen-bond donors (Lipinski definition) is 2. The number of hydrogen-bond acceptors (Lipinski definition) is 3. The first-order chi connectivity index (χ1) is 6.99. The van der Waals surface area contributed by atoms with E-state index in [1.165, 1.54) is 0 Å². The summed E-state index contributed by atoms with van der Waals surface area (Å²) in [5.74, 6) is -1.02. The fourth-order valence-electron chi connectivity index (χ4n) is 1.61. The summed E-state index contributed by atoms with van der Waals surface area (Å²) in [6.45, 7) is 5.18. The predicted molar refractivity (Wildman–Crippen MR) is 59.1 cm³/mol. The van der Waals surface area contributed by atoms with Crippen molar-refractivity contribution in [2.45, 2.75) is 24.3 Å². The molecule has 15 heavy (non-hydrogen) atoms. The van der Waals surface area contributed by atoms with Gasteiger partial charge in [-0.2, -0.15) is 11.8 Å². The molecule has 0 aromatic heterocycles. The van der Waals surface area contributed by atoms with E-state index in [4.69, 9.17) is 5.11 Å². The molecule has 6 heteroatoms. The summed E-state index contributed by atoms with van der Waals surface area (Å²) < 4.78 is 0. The molecule has 5 nitrogen and oxygen atoms in total. The molecule has 1 rings (SSSR count). The van der Waals surface area contributed by atoms with Gasteiger partial charge in [-0.1, -0.05) is 13.8 Å². The van der Waals surface area contributed by atoms with Crippen LogP contribution >= 0.6 is 11.8 Å². The lowest BCUT2D eigenvalue weighted by Gasteiger charge is -2.34. The molecule has 0 aromatic carbocycles. The smallest absolute Gasteiger partial charge is 0.323 e. The zero-order valence-corrected chi connectivity index (χ0v) is 9.71. The van der Waals surface area contributed by atoms with E-state index in [1.54, 1.807) is 4.90 Å². The Morgan fingerprint density at radius 3 is 2.40 bits per heavy atom. The quantitative estimate of drug-likeness (QED) is 0.731. The van der Waals surface area contributed by atoms with Crippen molar-refractivity contribution in [1.82, 2.24) is 10.2 Å². The Labute approximate surface area is 93.2 Å². The monoisotopic (exact) mass is 232 g/mol. The Kier molecular flexibility index (Phi) is 4.26. The highest BCUT2D eigenvalue weighted by atomic mass is 32.2. The predicted octanol–water partition coefficient (Wildman–Crippen LogP) is 0.606. The second-order valence-corrected chi connectivity index (χ2v) is 5.60. The maximum absolute atomic E-state index is 11.5. The van der Waals surface area contributed by atoms with E-state index >= 15 is 0 Å². The van der Waals surface area contributed by atoms with Crippen LogP contribution in [0.5, 0.6) is 0 Å². The molecule has 2 atom stereocenters. The number of nitrogens with zero attached hydrogens (tertiary/aromatic N) is 1. The van der Waals surface area contributed by atoms with E-state index in [0.29, 0.717) is 23.6 Å². The highest BCUT2D eigenvalue weighted by Gasteiger charge is 2.25. The van der Waals surface area contributed by atoms with Crippen molar-refractivity contribution in [2.75, 3.05) is 19.6 Å². The first-order valence-corrected chi connectivity index (χ1v) is 5.83. The fraction of sp³-hybridized carbons (Fsp3) is 0.778. The van der Waals surface area contributed by atoms with Gasteiger partial charge in [0, 0.05) is 23.6 Å². The number of thioether (sulfide) groups is 1. The first-order valence-electron chi connectivity index (χ1n) is 4.89. The molecule has 0 radical (unpaired) electrons. The summed E-state index contributed by atoms with van der Waals surface area (Å²) >= 11 is 1.85. The summed E-state index contributed by atoms with van der Waals surface area (Å²) in [6, 6.07) is -0.281. The lowest BCUT2D eigenvalue weighted by Crippen LogP contribution is -2.49. The van der Waals surface area contributed by atoms with Crippen molar-refractivity contribution >= 4 is 23.8 Å². The number of urea groups is 1. The number of carboxylic acids is 1. The molecule has 0 spiro atoms. The zero-order valence-electron chi connectivity index (χ0n) is 8.90. The zero-order chi connectivity index (χ0) is 11.4. The number of nitrogens with one attached hydrogen (secondary N) is 1. The van der Waals surface area contributed by atoms with Crippen LogP contribution in [0.15, 0.2) is 0 Å². The number of carboxylic acid groups (broad SMARTS) is 1. The second kappa shape index (κ2) is 5.25. The molecule has 2 unspecified atom stereocenters. The molecule has 86 valence electrons. The molecular weight excluding hydrogens is 216 g/mol. The van der Waals surface area contributed by atoms with Gasteiger partial charge < -0.3 is 15.3 Å². The van der Waals surface area contributed by atoms with Crippen molar-refractivity contribution in [3.63, 3.8) is 0 Å². The Hall–Kier alpha value is -0.910. The van der Waals surface area contributed by atoms with Gasteiger partial charge in [0.15, 0.2) is 0 Å². The summed E-state index contributed by atoms with van der Waals surface area (Å²) in [7, 11) is 0. The molecular formula is C9H16N2O3S. The van der Waals surface area contributed by atoms with Crippen LogP contribution in [0.3, 0.4) is 0 Å². The van der Waals surface area contributed by atoms with Gasteiger partial charge >= 0.3 is 12.0 Å². The third-order valence-electron chi connectivity index (χ3n) is 2.10. The average Bonchev–Trinajstić information content (AvgIpc) is 2.12. The second-order valence-electron chi connectivity index (χ2n) is 3.71. The Morgan fingerprint density at radius 2 is 1.93 bits per heavy atom. The summed E-state index contributed by atoms with van der Waals surface area (Å²) in [5.41, 5.74) is 0. The van der Waals surface area contributed by atoms with Crippen molar-refractivity contribution in [3.05, 3.63) is 0 Å². The molecule has 2 amide bonds. The van der Waals surface area contributed by atoms with Crippen LogP contribution in [0.25, 0.3) is 0 Å². The van der Waals surface area contributed by atoms with Gasteiger partial charge in [-0.25, -0.2) is 4.79 Å². The third-order valence-corrected chi connectivity index (χ3v) is 3.33. The maximum atomic E-state index is 11.5. The van der Waals surface area contributed by atoms with Crippen LogP contribution in [0, 0.1) is 0 Å². The minimum absolute atomic E-state index is 0.281. The van der Waals surface area contributed by atoms with Crippen LogP contribution < -0.4 is 5.32 Å². The van der Waals surface area contributed by atoms with Crippen LogP contribution in [0.1, 0.15) is 13.8 Å². The first kappa shape index (κ1) is 12.2. The summed E-state index contributed by atoms with van der Waals surface area (Å²) in [5, 5.41) is 11.6. The van der Waals surface area contributed by atoms with E-state index in [9.17, 15) is 9.59 Å². The normalized spacial score (nSPS) is 26.1. The summed E-state index contributed by atoms with van der Waals surface area (Å²) in [6.07, 6.45) is 0. The lowest BCUT2D eigenvalue weighted by molar-refractivity contribution is -0.135. The van der Waals surface area contributed by atoms with Crippen molar-refractivity contribution in [2.24, 2.45) is 0 Å². The standard InChI is InChI=1S/C9H16N2O3S/c1-6-4-11(5-7(2)15-6)9(14)10-3-8(12)13/h6-7H,3-5H2,1-2H3,(H,10,14)(H,12,13). The molecule has 2 N–H and O–H groups in total. The highest BCUT2D eigenvalue weighted by molar-refractivity contribution is 8.00. The van der Waals surface area contributed by atoms with Crippen LogP contribution in [-0.2, 0) is 4.79 Å². The topological polar surface area (TPSA) is 69.6 Å². The minimum Gasteiger partial charge on any atom is -0.480 e.